The second-order valence-corrected chi connectivity index (χ2v) is 4.73. The van der Waals surface area contributed by atoms with Gasteiger partial charge in [-0.2, -0.15) is 0 Å². The molecule has 106 valence electrons. The molecule has 2 rings (SSSR count). The van der Waals surface area contributed by atoms with E-state index < -0.39 is 17.7 Å². The van der Waals surface area contributed by atoms with E-state index in [4.69, 9.17) is 0 Å². The molecule has 2 aromatic rings. The van der Waals surface area contributed by atoms with Gasteiger partial charge >= 0.3 is 0 Å². The van der Waals surface area contributed by atoms with E-state index in [2.05, 4.69) is 5.32 Å². The smallest absolute Gasteiger partial charge is 0.159 e. The number of hydrogen-bond acceptors (Lipinski definition) is 2. The normalized spacial score (nSPS) is 14.0. The molecule has 0 heterocycles. The Labute approximate surface area is 117 Å². The fraction of sp³-hybridized carbons (Fsp3) is 0.250. The second-order valence-electron chi connectivity index (χ2n) is 4.73. The quantitative estimate of drug-likeness (QED) is 0.878. The molecule has 0 saturated carbocycles. The molecule has 0 saturated heterocycles. The minimum absolute atomic E-state index is 0.0659. The zero-order chi connectivity index (χ0) is 14.5. The largest absolute Gasteiger partial charge is 0.387 e. The maximum absolute atomic E-state index is 13.1. The molecular weight excluding hydrogens is 260 g/mol. The number of rotatable bonds is 5. The van der Waals surface area contributed by atoms with Crippen LogP contribution in [0.3, 0.4) is 0 Å². The van der Waals surface area contributed by atoms with Crippen LogP contribution in [0.2, 0.25) is 0 Å². The van der Waals surface area contributed by atoms with E-state index in [1.165, 1.54) is 6.07 Å². The predicted octanol–water partition coefficient (Wildman–Crippen LogP) is 3.35. The Kier molecular flexibility index (Phi) is 4.82. The first kappa shape index (κ1) is 14.6. The lowest BCUT2D eigenvalue weighted by Gasteiger charge is -2.18. The number of halogens is 2. The number of hydrogen-bond donors (Lipinski definition) is 2. The van der Waals surface area contributed by atoms with Crippen LogP contribution in [0, 0.1) is 11.6 Å². The van der Waals surface area contributed by atoms with Crippen molar-refractivity contribution in [1.29, 1.82) is 0 Å². The molecule has 2 N–H and O–H groups in total. The van der Waals surface area contributed by atoms with Crippen molar-refractivity contribution < 1.29 is 13.9 Å². The van der Waals surface area contributed by atoms with Gasteiger partial charge < -0.3 is 10.4 Å². The standard InChI is InChI=1S/C16H17F2NO/c1-11(12-5-3-2-4-6-12)19-10-16(20)13-7-8-14(17)15(18)9-13/h2-9,11,16,19-20H,10H2,1H3/t11-,16?/m0/s1. The molecule has 2 nitrogen and oxygen atoms in total. The van der Waals surface area contributed by atoms with Crippen LogP contribution in [-0.2, 0) is 0 Å². The van der Waals surface area contributed by atoms with Gasteiger partial charge in [0.25, 0.3) is 0 Å². The van der Waals surface area contributed by atoms with Gasteiger partial charge in [-0.3, -0.25) is 0 Å². The first-order valence-electron chi connectivity index (χ1n) is 6.49. The SMILES string of the molecule is C[C@H](NCC(O)c1ccc(F)c(F)c1)c1ccccc1. The fourth-order valence-electron chi connectivity index (χ4n) is 1.99. The van der Waals surface area contributed by atoms with Gasteiger partial charge in [-0.05, 0) is 30.2 Å². The van der Waals surface area contributed by atoms with Crippen LogP contribution in [0.4, 0.5) is 8.78 Å². The monoisotopic (exact) mass is 277 g/mol. The first-order chi connectivity index (χ1) is 9.58. The maximum Gasteiger partial charge on any atom is 0.159 e. The van der Waals surface area contributed by atoms with Gasteiger partial charge in [-0.25, -0.2) is 8.78 Å². The highest BCUT2D eigenvalue weighted by atomic mass is 19.2. The average Bonchev–Trinajstić information content (AvgIpc) is 2.48. The average molecular weight is 277 g/mol. The van der Waals surface area contributed by atoms with Gasteiger partial charge in [-0.15, -0.1) is 0 Å². The van der Waals surface area contributed by atoms with Crippen LogP contribution >= 0.6 is 0 Å². The maximum atomic E-state index is 13.1. The Morgan fingerprint density at radius 1 is 1.00 bits per heavy atom. The molecule has 0 amide bonds. The summed E-state index contributed by atoms with van der Waals surface area (Å²) in [6.45, 7) is 2.24. The highest BCUT2D eigenvalue weighted by Gasteiger charge is 2.12. The second kappa shape index (κ2) is 6.59. The predicted molar refractivity (Wildman–Crippen MR) is 74.2 cm³/mol. The number of aliphatic hydroxyl groups excluding tert-OH is 1. The molecule has 0 bridgehead atoms. The Balaban J connectivity index is 1.95. The third-order valence-electron chi connectivity index (χ3n) is 3.25. The minimum Gasteiger partial charge on any atom is -0.387 e. The summed E-state index contributed by atoms with van der Waals surface area (Å²) in [5.74, 6) is -1.86. The summed E-state index contributed by atoms with van der Waals surface area (Å²) in [7, 11) is 0. The van der Waals surface area contributed by atoms with Gasteiger partial charge in [0.2, 0.25) is 0 Å². The molecule has 0 aliphatic carbocycles. The lowest BCUT2D eigenvalue weighted by molar-refractivity contribution is 0.170. The van der Waals surface area contributed by atoms with Crippen LogP contribution < -0.4 is 5.32 Å². The molecule has 2 aromatic carbocycles. The van der Waals surface area contributed by atoms with E-state index in [0.717, 1.165) is 17.7 Å². The van der Waals surface area contributed by atoms with Crippen molar-refractivity contribution in [3.8, 4) is 0 Å². The van der Waals surface area contributed by atoms with E-state index in [9.17, 15) is 13.9 Å². The molecule has 0 aliphatic rings. The number of aliphatic hydroxyl groups is 1. The van der Waals surface area contributed by atoms with Gasteiger partial charge in [0, 0.05) is 12.6 Å². The fourth-order valence-corrected chi connectivity index (χ4v) is 1.99. The van der Waals surface area contributed by atoms with Crippen LogP contribution in [0.15, 0.2) is 48.5 Å². The molecule has 20 heavy (non-hydrogen) atoms. The Hall–Kier alpha value is -1.78. The number of benzene rings is 2. The lowest BCUT2D eigenvalue weighted by atomic mass is 10.1. The summed E-state index contributed by atoms with van der Waals surface area (Å²) >= 11 is 0. The molecule has 4 heteroatoms. The van der Waals surface area contributed by atoms with E-state index in [-0.39, 0.29) is 12.6 Å². The minimum atomic E-state index is -0.947. The van der Waals surface area contributed by atoms with Gasteiger partial charge in [-0.1, -0.05) is 36.4 Å². The van der Waals surface area contributed by atoms with E-state index in [1.54, 1.807) is 0 Å². The molecule has 0 spiro atoms. The molecule has 0 radical (unpaired) electrons. The summed E-state index contributed by atoms with van der Waals surface area (Å²) in [4.78, 5) is 0. The van der Waals surface area contributed by atoms with Crippen molar-refractivity contribution in [2.24, 2.45) is 0 Å². The summed E-state index contributed by atoms with van der Waals surface area (Å²) in [5, 5.41) is 13.1. The van der Waals surface area contributed by atoms with Crippen molar-refractivity contribution in [1.82, 2.24) is 5.32 Å². The Morgan fingerprint density at radius 3 is 2.35 bits per heavy atom. The van der Waals surface area contributed by atoms with Crippen LogP contribution in [-0.4, -0.2) is 11.7 Å². The topological polar surface area (TPSA) is 32.3 Å². The van der Waals surface area contributed by atoms with Crippen LogP contribution in [0.1, 0.15) is 30.2 Å². The van der Waals surface area contributed by atoms with Gasteiger partial charge in [0.15, 0.2) is 11.6 Å². The van der Waals surface area contributed by atoms with Crippen molar-refractivity contribution >= 4 is 0 Å². The lowest BCUT2D eigenvalue weighted by Crippen LogP contribution is -2.24. The molecule has 0 fully saturated rings. The third-order valence-corrected chi connectivity index (χ3v) is 3.25. The first-order valence-corrected chi connectivity index (χ1v) is 6.49. The Bertz CT molecular complexity index is 560. The number of nitrogens with one attached hydrogen (secondary N) is 1. The zero-order valence-corrected chi connectivity index (χ0v) is 11.2. The van der Waals surface area contributed by atoms with Crippen molar-refractivity contribution in [2.45, 2.75) is 19.1 Å². The molecule has 0 aromatic heterocycles. The van der Waals surface area contributed by atoms with Crippen molar-refractivity contribution in [2.75, 3.05) is 6.54 Å². The summed E-state index contributed by atoms with van der Waals surface area (Å²) in [6, 6.07) is 13.3. The molecule has 2 atom stereocenters. The van der Waals surface area contributed by atoms with Crippen molar-refractivity contribution in [3.05, 3.63) is 71.3 Å². The van der Waals surface area contributed by atoms with E-state index >= 15 is 0 Å². The zero-order valence-electron chi connectivity index (χ0n) is 11.2. The molecule has 1 unspecified atom stereocenters. The van der Waals surface area contributed by atoms with Crippen molar-refractivity contribution in [3.63, 3.8) is 0 Å². The highest BCUT2D eigenvalue weighted by Crippen LogP contribution is 2.17. The summed E-state index contributed by atoms with van der Waals surface area (Å²) in [6.07, 6.45) is -0.878. The Morgan fingerprint density at radius 2 is 1.70 bits per heavy atom. The summed E-state index contributed by atoms with van der Waals surface area (Å²) < 4.78 is 25.9. The van der Waals surface area contributed by atoms with Crippen LogP contribution in [0.25, 0.3) is 0 Å². The highest BCUT2D eigenvalue weighted by molar-refractivity contribution is 5.21. The molecular formula is C16H17F2NO. The van der Waals surface area contributed by atoms with E-state index in [1.807, 2.05) is 37.3 Å². The van der Waals surface area contributed by atoms with E-state index in [0.29, 0.717) is 5.56 Å². The molecule has 0 aliphatic heterocycles. The van der Waals surface area contributed by atoms with Gasteiger partial charge in [0.05, 0.1) is 6.10 Å². The van der Waals surface area contributed by atoms with Crippen LogP contribution in [0.5, 0.6) is 0 Å². The van der Waals surface area contributed by atoms with Gasteiger partial charge in [0.1, 0.15) is 0 Å². The summed E-state index contributed by atoms with van der Waals surface area (Å²) in [5.41, 5.74) is 1.46. The third kappa shape index (κ3) is 3.62.